The van der Waals surface area contributed by atoms with Gasteiger partial charge < -0.3 is 4.74 Å². The fourth-order valence-electron chi connectivity index (χ4n) is 2.09. The second kappa shape index (κ2) is 10.0. The zero-order valence-corrected chi connectivity index (χ0v) is 13.9. The van der Waals surface area contributed by atoms with E-state index in [1.807, 2.05) is 6.07 Å². The molecule has 0 bridgehead atoms. The molecule has 1 aromatic rings. The lowest BCUT2D eigenvalue weighted by Crippen LogP contribution is -2.03. The predicted molar refractivity (Wildman–Crippen MR) is 86.8 cm³/mol. The zero-order valence-electron chi connectivity index (χ0n) is 13.1. The van der Waals surface area contributed by atoms with E-state index < -0.39 is 0 Å². The van der Waals surface area contributed by atoms with Gasteiger partial charge in [0.1, 0.15) is 0 Å². The normalized spacial score (nSPS) is 11.1. The van der Waals surface area contributed by atoms with Crippen molar-refractivity contribution in [2.75, 3.05) is 6.61 Å². The lowest BCUT2D eigenvalue weighted by molar-refractivity contribution is 0.292. The molecule has 0 fully saturated rings. The van der Waals surface area contributed by atoms with Crippen molar-refractivity contribution in [2.24, 2.45) is 0 Å². The molecule has 0 radical (unpaired) electrons. The second-order valence-electron chi connectivity index (χ2n) is 5.64. The molecule has 1 rings (SSSR count). The van der Waals surface area contributed by atoms with Gasteiger partial charge in [-0.1, -0.05) is 52.9 Å². The number of halogens is 1. The molecule has 2 nitrogen and oxygen atoms in total. The minimum absolute atomic E-state index is 0.398. The summed E-state index contributed by atoms with van der Waals surface area (Å²) in [4.78, 5) is 4.55. The van der Waals surface area contributed by atoms with Crippen molar-refractivity contribution in [2.45, 2.75) is 71.1 Å². The summed E-state index contributed by atoms with van der Waals surface area (Å²) in [5, 5.41) is 0. The summed E-state index contributed by atoms with van der Waals surface area (Å²) in [5.74, 6) is 1.63. The van der Waals surface area contributed by atoms with Crippen LogP contribution in [-0.4, -0.2) is 11.6 Å². The van der Waals surface area contributed by atoms with Gasteiger partial charge in [0.2, 0.25) is 5.88 Å². The first kappa shape index (κ1) is 17.3. The number of unbranched alkanes of at least 4 members (excludes halogenated alkanes) is 5. The SMILES string of the molecule is CCCCCCCCOc1cc(CCl)cc(C(C)C)n1. The molecule has 0 N–H and O–H groups in total. The number of alkyl halides is 1. The average molecular weight is 298 g/mol. The summed E-state index contributed by atoms with van der Waals surface area (Å²) in [7, 11) is 0. The van der Waals surface area contributed by atoms with Gasteiger partial charge in [0.25, 0.3) is 0 Å². The summed E-state index contributed by atoms with van der Waals surface area (Å²) in [5.41, 5.74) is 2.14. The smallest absolute Gasteiger partial charge is 0.213 e. The Morgan fingerprint density at radius 2 is 1.80 bits per heavy atom. The molecule has 114 valence electrons. The molecule has 0 aliphatic rings. The number of hydrogen-bond donors (Lipinski definition) is 0. The number of pyridine rings is 1. The molecule has 0 aliphatic heterocycles. The summed E-state index contributed by atoms with van der Waals surface area (Å²) < 4.78 is 5.78. The highest BCUT2D eigenvalue weighted by molar-refractivity contribution is 6.17. The summed E-state index contributed by atoms with van der Waals surface area (Å²) >= 11 is 5.92. The third-order valence-corrected chi connectivity index (χ3v) is 3.68. The lowest BCUT2D eigenvalue weighted by atomic mass is 10.1. The molecule has 0 aromatic carbocycles. The number of rotatable bonds is 10. The lowest BCUT2D eigenvalue weighted by Gasteiger charge is -2.11. The largest absolute Gasteiger partial charge is 0.478 e. The van der Waals surface area contributed by atoms with Crippen molar-refractivity contribution in [3.05, 3.63) is 23.4 Å². The van der Waals surface area contributed by atoms with E-state index in [2.05, 4.69) is 31.8 Å². The molecule has 1 heterocycles. The minimum atomic E-state index is 0.398. The molecular weight excluding hydrogens is 270 g/mol. The highest BCUT2D eigenvalue weighted by Crippen LogP contribution is 2.20. The molecule has 0 saturated carbocycles. The topological polar surface area (TPSA) is 22.1 Å². The van der Waals surface area contributed by atoms with Gasteiger partial charge in [0, 0.05) is 17.6 Å². The second-order valence-corrected chi connectivity index (χ2v) is 5.91. The molecule has 20 heavy (non-hydrogen) atoms. The van der Waals surface area contributed by atoms with Crippen LogP contribution >= 0.6 is 11.6 Å². The predicted octanol–water partition coefficient (Wildman–Crippen LogP) is 5.68. The van der Waals surface area contributed by atoms with E-state index >= 15 is 0 Å². The Balaban J connectivity index is 2.37. The van der Waals surface area contributed by atoms with E-state index in [4.69, 9.17) is 16.3 Å². The molecule has 0 atom stereocenters. The van der Waals surface area contributed by atoms with Crippen molar-refractivity contribution in [1.29, 1.82) is 0 Å². The first-order chi connectivity index (χ1) is 9.67. The van der Waals surface area contributed by atoms with E-state index in [0.717, 1.165) is 30.2 Å². The molecule has 0 saturated heterocycles. The van der Waals surface area contributed by atoms with Gasteiger partial charge in [-0.2, -0.15) is 0 Å². The molecule has 1 aromatic heterocycles. The number of aromatic nitrogens is 1. The van der Waals surface area contributed by atoms with E-state index in [-0.39, 0.29) is 0 Å². The molecule has 0 amide bonds. The monoisotopic (exact) mass is 297 g/mol. The van der Waals surface area contributed by atoms with Crippen LogP contribution in [0, 0.1) is 0 Å². The number of nitrogens with zero attached hydrogens (tertiary/aromatic N) is 1. The first-order valence-corrected chi connectivity index (χ1v) is 8.40. The van der Waals surface area contributed by atoms with Crippen LogP contribution in [-0.2, 0) is 5.88 Å². The van der Waals surface area contributed by atoms with Crippen molar-refractivity contribution >= 4 is 11.6 Å². The summed E-state index contributed by atoms with van der Waals surface area (Å²) in [6.07, 6.45) is 7.64. The standard InChI is InChI=1S/C17H28ClNO/c1-4-5-6-7-8-9-10-20-17-12-15(13-18)11-16(19-17)14(2)3/h11-12,14H,4-10,13H2,1-3H3. The van der Waals surface area contributed by atoms with Crippen LogP contribution in [0.4, 0.5) is 0 Å². The Kier molecular flexibility index (Phi) is 8.68. The van der Waals surface area contributed by atoms with E-state index in [1.165, 1.54) is 32.1 Å². The maximum absolute atomic E-state index is 5.92. The van der Waals surface area contributed by atoms with Crippen molar-refractivity contribution in [3.63, 3.8) is 0 Å². The maximum Gasteiger partial charge on any atom is 0.213 e. The minimum Gasteiger partial charge on any atom is -0.478 e. The zero-order chi connectivity index (χ0) is 14.8. The van der Waals surface area contributed by atoms with Gasteiger partial charge in [-0.05, 0) is 24.0 Å². The number of ether oxygens (including phenoxy) is 1. The first-order valence-electron chi connectivity index (χ1n) is 7.87. The van der Waals surface area contributed by atoms with Gasteiger partial charge in [-0.3, -0.25) is 0 Å². The van der Waals surface area contributed by atoms with Crippen LogP contribution in [0.2, 0.25) is 0 Å². The quantitative estimate of drug-likeness (QED) is 0.409. The Hall–Kier alpha value is -0.760. The van der Waals surface area contributed by atoms with E-state index in [1.54, 1.807) is 0 Å². The van der Waals surface area contributed by atoms with Gasteiger partial charge in [-0.15, -0.1) is 11.6 Å². The van der Waals surface area contributed by atoms with E-state index in [0.29, 0.717) is 11.8 Å². The highest BCUT2D eigenvalue weighted by Gasteiger charge is 2.06. The van der Waals surface area contributed by atoms with Gasteiger partial charge in [-0.25, -0.2) is 4.98 Å². The van der Waals surface area contributed by atoms with Crippen molar-refractivity contribution < 1.29 is 4.74 Å². The molecule has 0 spiro atoms. The van der Waals surface area contributed by atoms with Crippen LogP contribution in [0.25, 0.3) is 0 Å². The Labute approximate surface area is 128 Å². The van der Waals surface area contributed by atoms with Crippen molar-refractivity contribution in [3.8, 4) is 5.88 Å². The fourth-order valence-corrected chi connectivity index (χ4v) is 2.24. The Bertz CT molecular complexity index is 379. The third-order valence-electron chi connectivity index (χ3n) is 3.38. The summed E-state index contributed by atoms with van der Waals surface area (Å²) in [6, 6.07) is 4.02. The van der Waals surface area contributed by atoms with Crippen LogP contribution in [0.5, 0.6) is 5.88 Å². The molecule has 0 unspecified atom stereocenters. The number of hydrogen-bond acceptors (Lipinski definition) is 2. The fraction of sp³-hybridized carbons (Fsp3) is 0.706. The van der Waals surface area contributed by atoms with Gasteiger partial charge in [0.05, 0.1) is 6.61 Å². The Morgan fingerprint density at radius 1 is 1.10 bits per heavy atom. The summed E-state index contributed by atoms with van der Waals surface area (Å²) in [6.45, 7) is 7.27. The molecule has 3 heteroatoms. The van der Waals surface area contributed by atoms with Crippen LogP contribution < -0.4 is 4.74 Å². The van der Waals surface area contributed by atoms with Gasteiger partial charge >= 0.3 is 0 Å². The van der Waals surface area contributed by atoms with Crippen LogP contribution in [0.15, 0.2) is 12.1 Å². The highest BCUT2D eigenvalue weighted by atomic mass is 35.5. The molecule has 0 aliphatic carbocycles. The molecular formula is C17H28ClNO. The maximum atomic E-state index is 5.92. The average Bonchev–Trinajstić information content (AvgIpc) is 2.46. The third kappa shape index (κ3) is 6.60. The van der Waals surface area contributed by atoms with Gasteiger partial charge in [0.15, 0.2) is 0 Å². The van der Waals surface area contributed by atoms with Crippen LogP contribution in [0.1, 0.15) is 76.5 Å². The van der Waals surface area contributed by atoms with E-state index in [9.17, 15) is 0 Å². The van der Waals surface area contributed by atoms with Crippen molar-refractivity contribution in [1.82, 2.24) is 4.98 Å². The Morgan fingerprint density at radius 3 is 2.45 bits per heavy atom. The van der Waals surface area contributed by atoms with Crippen LogP contribution in [0.3, 0.4) is 0 Å².